The first-order valence-corrected chi connectivity index (χ1v) is 11.1. The van der Waals surface area contributed by atoms with Crippen molar-refractivity contribution in [1.82, 2.24) is 0 Å². The van der Waals surface area contributed by atoms with E-state index in [1.165, 1.54) is 0 Å². The van der Waals surface area contributed by atoms with Crippen LogP contribution in [0, 0.1) is 0 Å². The molecule has 0 heterocycles. The Morgan fingerprint density at radius 3 is 2.29 bits per heavy atom. The molecule has 0 aromatic heterocycles. The third-order valence-electron chi connectivity index (χ3n) is 5.09. The van der Waals surface area contributed by atoms with Crippen molar-refractivity contribution in [3.63, 3.8) is 0 Å². The standard InChI is InChI=1S/C27H29NO6/c1-4-5-15-33-27(30)19-9-12-22(13-10-19)28-26(29)20-11-14-25(32-3)21(16-20)18-34-24-8-6-7-23(17-24)31-2/h6-14,16-17H,4-5,15,18H2,1-3H3,(H,28,29). The van der Waals surface area contributed by atoms with E-state index in [2.05, 4.69) is 5.32 Å². The van der Waals surface area contributed by atoms with E-state index >= 15 is 0 Å². The number of carbonyl (C=O) groups is 2. The van der Waals surface area contributed by atoms with Crippen LogP contribution in [0.2, 0.25) is 0 Å². The maximum Gasteiger partial charge on any atom is 0.338 e. The summed E-state index contributed by atoms with van der Waals surface area (Å²) in [5.41, 5.74) is 2.19. The average molecular weight is 464 g/mol. The molecule has 1 N–H and O–H groups in total. The molecule has 7 heteroatoms. The van der Waals surface area contributed by atoms with Crippen molar-refractivity contribution >= 4 is 17.6 Å². The number of carbonyl (C=O) groups excluding carboxylic acids is 2. The van der Waals surface area contributed by atoms with Gasteiger partial charge in [-0.2, -0.15) is 0 Å². The zero-order valence-electron chi connectivity index (χ0n) is 19.6. The van der Waals surface area contributed by atoms with Gasteiger partial charge in [-0.05, 0) is 61.0 Å². The lowest BCUT2D eigenvalue weighted by Gasteiger charge is -2.13. The third-order valence-corrected chi connectivity index (χ3v) is 5.09. The SMILES string of the molecule is CCCCOC(=O)c1ccc(NC(=O)c2ccc(OC)c(COc3cccc(OC)c3)c2)cc1. The van der Waals surface area contributed by atoms with Gasteiger partial charge in [-0.3, -0.25) is 4.79 Å². The van der Waals surface area contributed by atoms with Crippen molar-refractivity contribution in [1.29, 1.82) is 0 Å². The molecule has 178 valence electrons. The van der Waals surface area contributed by atoms with Gasteiger partial charge in [-0.25, -0.2) is 4.79 Å². The third kappa shape index (κ3) is 6.75. The van der Waals surface area contributed by atoms with E-state index in [0.29, 0.717) is 40.7 Å². The number of hydrogen-bond acceptors (Lipinski definition) is 6. The second kappa shape index (κ2) is 12.3. The van der Waals surface area contributed by atoms with E-state index < -0.39 is 0 Å². The Kier molecular flexibility index (Phi) is 8.91. The maximum atomic E-state index is 12.8. The Labute approximate surface area is 199 Å². The number of benzene rings is 3. The summed E-state index contributed by atoms with van der Waals surface area (Å²) in [6.45, 7) is 2.65. The average Bonchev–Trinajstić information content (AvgIpc) is 2.87. The number of amides is 1. The monoisotopic (exact) mass is 463 g/mol. The number of esters is 1. The normalized spacial score (nSPS) is 10.3. The molecule has 0 aliphatic rings. The lowest BCUT2D eigenvalue weighted by molar-refractivity contribution is 0.0499. The zero-order valence-corrected chi connectivity index (χ0v) is 19.6. The van der Waals surface area contributed by atoms with Gasteiger partial charge in [0.1, 0.15) is 23.9 Å². The topological polar surface area (TPSA) is 83.1 Å². The van der Waals surface area contributed by atoms with E-state index in [4.69, 9.17) is 18.9 Å². The highest BCUT2D eigenvalue weighted by molar-refractivity contribution is 6.04. The molecular formula is C27H29NO6. The second-order valence-electron chi connectivity index (χ2n) is 7.52. The van der Waals surface area contributed by atoms with Gasteiger partial charge >= 0.3 is 5.97 Å². The summed E-state index contributed by atoms with van der Waals surface area (Å²) in [7, 11) is 3.16. The van der Waals surface area contributed by atoms with E-state index in [9.17, 15) is 9.59 Å². The van der Waals surface area contributed by atoms with Crippen molar-refractivity contribution in [2.45, 2.75) is 26.4 Å². The van der Waals surface area contributed by atoms with Crippen LogP contribution in [-0.4, -0.2) is 32.7 Å². The second-order valence-corrected chi connectivity index (χ2v) is 7.52. The first kappa shape index (κ1) is 24.6. The molecule has 0 saturated heterocycles. The van der Waals surface area contributed by atoms with Crippen LogP contribution in [0.15, 0.2) is 66.7 Å². The Bertz CT molecular complexity index is 1110. The van der Waals surface area contributed by atoms with Gasteiger partial charge in [-0.15, -0.1) is 0 Å². The van der Waals surface area contributed by atoms with E-state index in [-0.39, 0.29) is 18.5 Å². The minimum absolute atomic E-state index is 0.215. The highest BCUT2D eigenvalue weighted by Crippen LogP contribution is 2.25. The molecule has 0 radical (unpaired) electrons. The predicted molar refractivity (Wildman–Crippen MR) is 130 cm³/mol. The van der Waals surface area contributed by atoms with E-state index in [1.807, 2.05) is 25.1 Å². The number of rotatable bonds is 11. The fourth-order valence-electron chi connectivity index (χ4n) is 3.17. The largest absolute Gasteiger partial charge is 0.497 e. The summed E-state index contributed by atoms with van der Waals surface area (Å²) >= 11 is 0. The Balaban J connectivity index is 1.66. The van der Waals surface area contributed by atoms with Crippen molar-refractivity contribution < 1.29 is 28.5 Å². The number of unbranched alkanes of at least 4 members (excludes halogenated alkanes) is 1. The number of anilines is 1. The fraction of sp³-hybridized carbons (Fsp3) is 0.259. The van der Waals surface area contributed by atoms with Crippen LogP contribution in [0.5, 0.6) is 17.2 Å². The molecule has 0 bridgehead atoms. The van der Waals surface area contributed by atoms with E-state index in [0.717, 1.165) is 18.4 Å². The maximum absolute atomic E-state index is 12.8. The molecule has 7 nitrogen and oxygen atoms in total. The molecule has 0 aliphatic heterocycles. The van der Waals surface area contributed by atoms with Gasteiger partial charge in [0, 0.05) is 22.9 Å². The minimum Gasteiger partial charge on any atom is -0.497 e. The molecule has 3 aromatic carbocycles. The molecule has 34 heavy (non-hydrogen) atoms. The summed E-state index contributed by atoms with van der Waals surface area (Å²) in [5.74, 6) is 1.29. The summed E-state index contributed by atoms with van der Waals surface area (Å²) in [4.78, 5) is 24.8. The molecule has 3 rings (SSSR count). The lowest BCUT2D eigenvalue weighted by Crippen LogP contribution is -2.13. The Hall–Kier alpha value is -4.00. The highest BCUT2D eigenvalue weighted by Gasteiger charge is 2.13. The van der Waals surface area contributed by atoms with Gasteiger partial charge in [0.25, 0.3) is 5.91 Å². The summed E-state index contributed by atoms with van der Waals surface area (Å²) < 4.78 is 21.7. The van der Waals surface area contributed by atoms with Crippen LogP contribution in [0.1, 0.15) is 46.0 Å². The predicted octanol–water partition coefficient (Wildman–Crippen LogP) is 5.49. The molecular weight excluding hydrogens is 434 g/mol. The molecule has 0 aliphatic carbocycles. The summed E-state index contributed by atoms with van der Waals surface area (Å²) in [6.07, 6.45) is 1.78. The first-order chi connectivity index (χ1) is 16.5. The van der Waals surface area contributed by atoms with Gasteiger partial charge < -0.3 is 24.3 Å². The fourth-order valence-corrected chi connectivity index (χ4v) is 3.17. The molecule has 3 aromatic rings. The van der Waals surface area contributed by atoms with Gasteiger partial charge in [-0.1, -0.05) is 19.4 Å². The van der Waals surface area contributed by atoms with Gasteiger partial charge in [0.15, 0.2) is 0 Å². The van der Waals surface area contributed by atoms with Crippen LogP contribution in [0.4, 0.5) is 5.69 Å². The minimum atomic E-state index is -0.373. The number of nitrogens with one attached hydrogen (secondary N) is 1. The Morgan fingerprint density at radius 1 is 0.853 bits per heavy atom. The van der Waals surface area contributed by atoms with Crippen molar-refractivity contribution in [3.8, 4) is 17.2 Å². The van der Waals surface area contributed by atoms with Crippen molar-refractivity contribution in [2.24, 2.45) is 0 Å². The van der Waals surface area contributed by atoms with Crippen LogP contribution in [-0.2, 0) is 11.3 Å². The molecule has 0 spiro atoms. The van der Waals surface area contributed by atoms with Crippen molar-refractivity contribution in [2.75, 3.05) is 26.1 Å². The zero-order chi connectivity index (χ0) is 24.3. The molecule has 0 saturated carbocycles. The summed E-state index contributed by atoms with van der Waals surface area (Å²) in [6, 6.07) is 19.0. The smallest absolute Gasteiger partial charge is 0.338 e. The van der Waals surface area contributed by atoms with Gasteiger partial charge in [0.2, 0.25) is 0 Å². The lowest BCUT2D eigenvalue weighted by atomic mass is 10.1. The number of hydrogen-bond donors (Lipinski definition) is 1. The first-order valence-electron chi connectivity index (χ1n) is 11.1. The van der Waals surface area contributed by atoms with Crippen LogP contribution >= 0.6 is 0 Å². The Morgan fingerprint density at radius 2 is 1.59 bits per heavy atom. The van der Waals surface area contributed by atoms with Gasteiger partial charge in [0.05, 0.1) is 26.4 Å². The van der Waals surface area contributed by atoms with Crippen LogP contribution in [0.25, 0.3) is 0 Å². The van der Waals surface area contributed by atoms with Crippen LogP contribution in [0.3, 0.4) is 0 Å². The van der Waals surface area contributed by atoms with Crippen LogP contribution < -0.4 is 19.5 Å². The molecule has 0 unspecified atom stereocenters. The molecule has 1 amide bonds. The van der Waals surface area contributed by atoms with Crippen molar-refractivity contribution in [3.05, 3.63) is 83.4 Å². The number of methoxy groups -OCH3 is 2. The van der Waals surface area contributed by atoms with E-state index in [1.54, 1.807) is 62.8 Å². The number of ether oxygens (including phenoxy) is 4. The summed E-state index contributed by atoms with van der Waals surface area (Å²) in [5, 5.41) is 2.84. The highest BCUT2D eigenvalue weighted by atomic mass is 16.5. The molecule has 0 atom stereocenters. The molecule has 0 fully saturated rings. The quantitative estimate of drug-likeness (QED) is 0.299.